The lowest BCUT2D eigenvalue weighted by Crippen LogP contribution is -2.50. The molecule has 2 saturated heterocycles. The van der Waals surface area contributed by atoms with Crippen LogP contribution in [0.25, 0.3) is 0 Å². The van der Waals surface area contributed by atoms with Crippen LogP contribution in [0.2, 0.25) is 0 Å². The third-order valence-electron chi connectivity index (χ3n) is 5.45. The lowest BCUT2D eigenvalue weighted by Gasteiger charge is -2.39. The molecule has 3 amide bonds. The Balaban J connectivity index is 1.63. The van der Waals surface area contributed by atoms with Gasteiger partial charge in [0.05, 0.1) is 18.4 Å². The lowest BCUT2D eigenvalue weighted by atomic mass is 9.86. The Bertz CT molecular complexity index is 853. The standard InChI is InChI=1S/C22H29F2N3O4/c1-21(2,3)31-20(30)27-10-9-17(22(23,24)13-27)14-5-4-6-16(11-14)25-12-15-7-8-18(28)26-19(15)29/h4-6,11,15,17,25H,7-10,12-13H2,1-3H3,(H,26,28,29). The van der Waals surface area contributed by atoms with E-state index in [4.69, 9.17) is 4.74 Å². The molecule has 0 aromatic heterocycles. The summed E-state index contributed by atoms with van der Waals surface area (Å²) in [7, 11) is 0. The number of benzene rings is 1. The van der Waals surface area contributed by atoms with Gasteiger partial charge in [-0.25, -0.2) is 13.6 Å². The summed E-state index contributed by atoms with van der Waals surface area (Å²) in [5, 5.41) is 5.42. The van der Waals surface area contributed by atoms with E-state index in [1.54, 1.807) is 45.0 Å². The molecule has 2 atom stereocenters. The predicted molar refractivity (Wildman–Crippen MR) is 111 cm³/mol. The Morgan fingerprint density at radius 3 is 2.68 bits per heavy atom. The summed E-state index contributed by atoms with van der Waals surface area (Å²) in [4.78, 5) is 36.4. The second kappa shape index (κ2) is 8.80. The summed E-state index contributed by atoms with van der Waals surface area (Å²) in [6.07, 6.45) is 0.132. The molecule has 170 valence electrons. The van der Waals surface area contributed by atoms with Gasteiger partial charge in [-0.05, 0) is 51.3 Å². The van der Waals surface area contributed by atoms with E-state index in [-0.39, 0.29) is 30.7 Å². The molecule has 2 fully saturated rings. The van der Waals surface area contributed by atoms with Gasteiger partial charge in [0.25, 0.3) is 5.92 Å². The third kappa shape index (κ3) is 5.92. The number of ether oxygens (including phenoxy) is 1. The molecule has 0 saturated carbocycles. The van der Waals surface area contributed by atoms with Gasteiger partial charge in [-0.2, -0.15) is 0 Å². The average molecular weight is 437 g/mol. The zero-order valence-corrected chi connectivity index (χ0v) is 18.0. The highest BCUT2D eigenvalue weighted by molar-refractivity contribution is 5.98. The number of anilines is 1. The zero-order chi connectivity index (χ0) is 22.8. The van der Waals surface area contributed by atoms with Crippen LogP contribution in [0.1, 0.15) is 51.5 Å². The topological polar surface area (TPSA) is 87.7 Å². The van der Waals surface area contributed by atoms with E-state index in [0.717, 1.165) is 4.90 Å². The maximum atomic E-state index is 14.9. The first-order chi connectivity index (χ1) is 14.4. The van der Waals surface area contributed by atoms with Crippen molar-refractivity contribution in [3.8, 4) is 0 Å². The van der Waals surface area contributed by atoms with Crippen molar-refractivity contribution in [3.63, 3.8) is 0 Å². The summed E-state index contributed by atoms with van der Waals surface area (Å²) in [6.45, 7) is 4.90. The van der Waals surface area contributed by atoms with Crippen LogP contribution in [-0.2, 0) is 14.3 Å². The molecular formula is C22H29F2N3O4. The molecule has 2 N–H and O–H groups in total. The Morgan fingerprint density at radius 2 is 2.03 bits per heavy atom. The lowest BCUT2D eigenvalue weighted by molar-refractivity contribution is -0.135. The van der Waals surface area contributed by atoms with Crippen molar-refractivity contribution in [1.29, 1.82) is 0 Å². The van der Waals surface area contributed by atoms with Gasteiger partial charge in [0.1, 0.15) is 5.60 Å². The molecule has 1 aromatic rings. The molecule has 31 heavy (non-hydrogen) atoms. The van der Waals surface area contributed by atoms with E-state index >= 15 is 0 Å². The number of imide groups is 1. The molecule has 0 radical (unpaired) electrons. The number of piperidine rings is 2. The highest BCUT2D eigenvalue weighted by Gasteiger charge is 2.47. The number of carbonyl (C=O) groups excluding carboxylic acids is 3. The number of alkyl halides is 2. The van der Waals surface area contributed by atoms with Gasteiger partial charge in [0.2, 0.25) is 11.8 Å². The summed E-state index contributed by atoms with van der Waals surface area (Å²) < 4.78 is 35.1. The molecular weight excluding hydrogens is 408 g/mol. The number of nitrogens with zero attached hydrogens (tertiary/aromatic N) is 1. The fourth-order valence-corrected chi connectivity index (χ4v) is 3.87. The van der Waals surface area contributed by atoms with Gasteiger partial charge in [0.15, 0.2) is 0 Å². The Kier molecular flexibility index (Phi) is 6.52. The number of likely N-dealkylation sites (tertiary alicyclic amines) is 1. The monoisotopic (exact) mass is 437 g/mol. The van der Waals surface area contributed by atoms with Crippen LogP contribution < -0.4 is 10.6 Å². The van der Waals surface area contributed by atoms with Gasteiger partial charge in [-0.15, -0.1) is 0 Å². The van der Waals surface area contributed by atoms with Gasteiger partial charge < -0.3 is 15.0 Å². The minimum Gasteiger partial charge on any atom is -0.444 e. The van der Waals surface area contributed by atoms with Crippen molar-refractivity contribution >= 4 is 23.6 Å². The van der Waals surface area contributed by atoms with Crippen LogP contribution in [0.15, 0.2) is 24.3 Å². The summed E-state index contributed by atoms with van der Waals surface area (Å²) in [5.74, 6) is -5.07. The minimum atomic E-state index is -3.10. The van der Waals surface area contributed by atoms with Crippen LogP contribution in [0, 0.1) is 5.92 Å². The van der Waals surface area contributed by atoms with Crippen molar-refractivity contribution in [2.45, 2.75) is 57.5 Å². The number of carbonyl (C=O) groups is 3. The maximum absolute atomic E-state index is 14.9. The van der Waals surface area contributed by atoms with Crippen LogP contribution in [0.4, 0.5) is 19.3 Å². The second-order valence-corrected chi connectivity index (χ2v) is 9.16. The van der Waals surface area contributed by atoms with Crippen molar-refractivity contribution in [2.24, 2.45) is 5.92 Å². The maximum Gasteiger partial charge on any atom is 0.410 e. The fourth-order valence-electron chi connectivity index (χ4n) is 3.87. The average Bonchev–Trinajstić information content (AvgIpc) is 2.65. The Hall–Kier alpha value is -2.71. The number of hydrogen-bond donors (Lipinski definition) is 2. The SMILES string of the molecule is CC(C)(C)OC(=O)N1CCC(c2cccc(NCC3CCC(=O)NC3=O)c2)C(F)(F)C1. The smallest absolute Gasteiger partial charge is 0.410 e. The zero-order valence-electron chi connectivity index (χ0n) is 18.0. The molecule has 3 rings (SSSR count). The quantitative estimate of drug-likeness (QED) is 0.704. The van der Waals surface area contributed by atoms with Crippen LogP contribution in [0.3, 0.4) is 0 Å². The first kappa shape index (κ1) is 23.0. The van der Waals surface area contributed by atoms with Gasteiger partial charge in [-0.1, -0.05) is 12.1 Å². The van der Waals surface area contributed by atoms with Crippen LogP contribution >= 0.6 is 0 Å². The minimum absolute atomic E-state index is 0.114. The largest absolute Gasteiger partial charge is 0.444 e. The van der Waals surface area contributed by atoms with E-state index in [1.807, 2.05) is 0 Å². The first-order valence-electron chi connectivity index (χ1n) is 10.5. The first-order valence-corrected chi connectivity index (χ1v) is 10.5. The molecule has 2 unspecified atom stereocenters. The molecule has 0 aliphatic carbocycles. The van der Waals surface area contributed by atoms with E-state index < -0.39 is 30.1 Å². The normalized spacial score (nSPS) is 23.8. The van der Waals surface area contributed by atoms with Gasteiger partial charge in [-0.3, -0.25) is 14.9 Å². The Morgan fingerprint density at radius 1 is 1.29 bits per heavy atom. The van der Waals surface area contributed by atoms with E-state index in [2.05, 4.69) is 10.6 Å². The molecule has 2 aliphatic heterocycles. The highest BCUT2D eigenvalue weighted by Crippen LogP contribution is 2.41. The number of nitrogens with one attached hydrogen (secondary N) is 2. The summed E-state index contributed by atoms with van der Waals surface area (Å²) in [5.41, 5.74) is 0.362. The molecule has 2 aliphatic rings. The fraction of sp³-hybridized carbons (Fsp3) is 0.591. The van der Waals surface area contributed by atoms with Crippen LogP contribution in [-0.4, -0.2) is 54.0 Å². The van der Waals surface area contributed by atoms with E-state index in [9.17, 15) is 23.2 Å². The van der Waals surface area contributed by atoms with Crippen LogP contribution in [0.5, 0.6) is 0 Å². The van der Waals surface area contributed by atoms with Crippen molar-refractivity contribution in [2.75, 3.05) is 25.0 Å². The van der Waals surface area contributed by atoms with Gasteiger partial charge in [0, 0.05) is 25.2 Å². The molecule has 0 spiro atoms. The number of halogens is 2. The second-order valence-electron chi connectivity index (χ2n) is 9.16. The molecule has 9 heteroatoms. The predicted octanol–water partition coefficient (Wildman–Crippen LogP) is 3.51. The van der Waals surface area contributed by atoms with E-state index in [1.165, 1.54) is 0 Å². The van der Waals surface area contributed by atoms with E-state index in [0.29, 0.717) is 30.6 Å². The molecule has 7 nitrogen and oxygen atoms in total. The number of hydrogen-bond acceptors (Lipinski definition) is 5. The number of rotatable bonds is 4. The van der Waals surface area contributed by atoms with Gasteiger partial charge >= 0.3 is 6.09 Å². The van der Waals surface area contributed by atoms with Crippen molar-refractivity contribution in [3.05, 3.63) is 29.8 Å². The molecule has 1 aromatic carbocycles. The molecule has 0 bridgehead atoms. The Labute approximate surface area is 180 Å². The highest BCUT2D eigenvalue weighted by atomic mass is 19.3. The van der Waals surface area contributed by atoms with Crippen molar-refractivity contribution in [1.82, 2.24) is 10.2 Å². The molecule has 2 heterocycles. The van der Waals surface area contributed by atoms with Crippen molar-refractivity contribution < 1.29 is 27.9 Å². The summed E-state index contributed by atoms with van der Waals surface area (Å²) in [6, 6.07) is 6.76. The number of amides is 3. The summed E-state index contributed by atoms with van der Waals surface area (Å²) >= 11 is 0. The third-order valence-corrected chi connectivity index (χ3v) is 5.45.